The lowest BCUT2D eigenvalue weighted by atomic mass is 10.4. The molecule has 0 bridgehead atoms. The van der Waals surface area contributed by atoms with Crippen molar-refractivity contribution in [3.8, 4) is 0 Å². The first-order valence-corrected chi connectivity index (χ1v) is 10.4. The molecule has 0 amide bonds. The second-order valence-corrected chi connectivity index (χ2v) is 9.32. The van der Waals surface area contributed by atoms with Gasteiger partial charge in [-0.1, -0.05) is 54.6 Å². The van der Waals surface area contributed by atoms with Crippen molar-refractivity contribution in [2.24, 2.45) is 0 Å². The molecule has 0 saturated heterocycles. The van der Waals surface area contributed by atoms with Gasteiger partial charge in [-0.3, -0.25) is 4.79 Å². The van der Waals surface area contributed by atoms with E-state index >= 15 is 0 Å². The largest absolute Gasteiger partial charge is 0.428 e. The lowest BCUT2D eigenvalue weighted by Crippen LogP contribution is -2.30. The van der Waals surface area contributed by atoms with Gasteiger partial charge in [0.2, 0.25) is 0 Å². The summed E-state index contributed by atoms with van der Waals surface area (Å²) in [5.41, 5.74) is 0. The van der Waals surface area contributed by atoms with Gasteiger partial charge in [-0.25, -0.2) is 0 Å². The number of esters is 1. The van der Waals surface area contributed by atoms with Crippen molar-refractivity contribution in [1.29, 1.82) is 0 Å². The molecule has 3 rings (SSSR count). The molecule has 0 aliphatic carbocycles. The van der Waals surface area contributed by atoms with Crippen LogP contribution in [0.1, 0.15) is 13.8 Å². The predicted molar refractivity (Wildman–Crippen MR) is 111 cm³/mol. The van der Waals surface area contributed by atoms with E-state index in [4.69, 9.17) is 4.74 Å². The molecule has 0 radical (unpaired) electrons. The van der Waals surface area contributed by atoms with Crippen molar-refractivity contribution in [1.82, 2.24) is 0 Å². The van der Waals surface area contributed by atoms with Crippen LogP contribution in [0.4, 0.5) is 0 Å². The van der Waals surface area contributed by atoms with Crippen LogP contribution in [-0.4, -0.2) is 5.97 Å². The molecule has 130 valence electrons. The Morgan fingerprint density at radius 2 is 1.04 bits per heavy atom. The van der Waals surface area contributed by atoms with Crippen molar-refractivity contribution in [3.05, 3.63) is 103 Å². The number of rotatable bonds is 5. The molecule has 0 aliphatic heterocycles. The molecule has 3 aromatic rings. The highest BCUT2D eigenvalue weighted by Gasteiger charge is 2.44. The average molecular weight is 361 g/mol. The summed E-state index contributed by atoms with van der Waals surface area (Å²) in [7, 11) is -2.10. The van der Waals surface area contributed by atoms with Crippen molar-refractivity contribution in [2.45, 2.75) is 13.8 Å². The first-order valence-electron chi connectivity index (χ1n) is 8.56. The van der Waals surface area contributed by atoms with Gasteiger partial charge in [0.25, 0.3) is 0 Å². The molecule has 0 N–H and O–H groups in total. The van der Waals surface area contributed by atoms with E-state index in [2.05, 4.69) is 78.6 Å². The van der Waals surface area contributed by atoms with Crippen LogP contribution in [0.25, 0.3) is 0 Å². The van der Waals surface area contributed by atoms with Gasteiger partial charge in [-0.2, -0.15) is 0 Å². The zero-order valence-corrected chi connectivity index (χ0v) is 15.9. The predicted octanol–water partition coefficient (Wildman–Crippen LogP) is 4.40. The van der Waals surface area contributed by atoms with Crippen LogP contribution in [0.5, 0.6) is 0 Å². The lowest BCUT2D eigenvalue weighted by molar-refractivity contribution is -0.136. The van der Waals surface area contributed by atoms with E-state index in [1.165, 1.54) is 22.8 Å². The molecule has 0 spiro atoms. The van der Waals surface area contributed by atoms with Gasteiger partial charge in [-0.15, -0.1) is 0 Å². The highest BCUT2D eigenvalue weighted by atomic mass is 31.2. The number of allylic oxidation sites excluding steroid dienone is 1. The maximum absolute atomic E-state index is 11.5. The minimum atomic E-state index is -2.10. The van der Waals surface area contributed by atoms with Gasteiger partial charge in [0.15, 0.2) is 0 Å². The minimum Gasteiger partial charge on any atom is -0.428 e. The zero-order valence-electron chi connectivity index (χ0n) is 15.0. The molecule has 2 nitrogen and oxygen atoms in total. The fourth-order valence-electron chi connectivity index (χ4n) is 3.19. The fraction of sp³-hybridized carbons (Fsp3) is 0.0870. The van der Waals surface area contributed by atoms with Gasteiger partial charge >= 0.3 is 5.97 Å². The maximum atomic E-state index is 11.5. The van der Waals surface area contributed by atoms with Crippen LogP contribution in [0, 0.1) is 0 Å². The Balaban J connectivity index is 2.33. The van der Waals surface area contributed by atoms with Gasteiger partial charge in [0, 0.05) is 6.92 Å². The molecular formula is C23H22O2P+. The maximum Gasteiger partial charge on any atom is 0.307 e. The normalized spacial score (nSPS) is 11.8. The summed E-state index contributed by atoms with van der Waals surface area (Å²) < 4.78 is 5.42. The number of carbonyl (C=O) groups excluding carboxylic acids is 1. The van der Waals surface area contributed by atoms with Crippen LogP contribution in [-0.2, 0) is 9.53 Å². The standard InChI is InChI=1S/C23H22O2P/c1-19(25-20(2)24)18-26(21-12-6-3-7-13-21,22-14-8-4-9-15-22)23-16-10-5-11-17-23/h3-18H,1-2H3/q+1/b19-18+. The summed E-state index contributed by atoms with van der Waals surface area (Å²) in [6.45, 7) is 3.29. The Morgan fingerprint density at radius 3 is 1.35 bits per heavy atom. The molecule has 0 unspecified atom stereocenters. The topological polar surface area (TPSA) is 26.3 Å². The van der Waals surface area contributed by atoms with Gasteiger partial charge in [0.1, 0.15) is 34.8 Å². The molecule has 0 heterocycles. The van der Waals surface area contributed by atoms with E-state index in [9.17, 15) is 4.79 Å². The lowest BCUT2D eigenvalue weighted by Gasteiger charge is -2.24. The minimum absolute atomic E-state index is 0.300. The third-order valence-corrected chi connectivity index (χ3v) is 8.26. The van der Waals surface area contributed by atoms with E-state index in [0.717, 1.165) is 0 Å². The SMILES string of the molecule is CC(=O)O/C(C)=C/[P+](c1ccccc1)(c1ccccc1)c1ccccc1. The zero-order chi connectivity index (χ0) is 18.4. The Kier molecular flexibility index (Phi) is 5.65. The first kappa shape index (κ1) is 18.1. The van der Waals surface area contributed by atoms with Crippen LogP contribution in [0.3, 0.4) is 0 Å². The molecule has 0 fully saturated rings. The van der Waals surface area contributed by atoms with E-state index in [1.807, 2.05) is 25.1 Å². The van der Waals surface area contributed by atoms with E-state index in [0.29, 0.717) is 5.76 Å². The van der Waals surface area contributed by atoms with Crippen molar-refractivity contribution in [3.63, 3.8) is 0 Å². The number of hydrogen-bond donors (Lipinski definition) is 0. The number of hydrogen-bond acceptors (Lipinski definition) is 2. The molecule has 0 aliphatic rings. The Bertz CT molecular complexity index is 791. The highest BCUT2D eigenvalue weighted by Crippen LogP contribution is 2.57. The molecule has 0 saturated carbocycles. The quantitative estimate of drug-likeness (QED) is 0.382. The van der Waals surface area contributed by atoms with Crippen molar-refractivity contribution in [2.75, 3.05) is 0 Å². The second-order valence-electron chi connectivity index (χ2n) is 6.06. The molecular weight excluding hydrogens is 339 g/mol. The average Bonchev–Trinajstić information content (AvgIpc) is 2.67. The number of carbonyl (C=O) groups is 1. The molecule has 26 heavy (non-hydrogen) atoms. The fourth-order valence-corrected chi connectivity index (χ4v) is 7.05. The molecule has 0 atom stereocenters. The number of ether oxygens (including phenoxy) is 1. The Hall–Kier alpha value is -2.70. The van der Waals surface area contributed by atoms with Gasteiger partial charge < -0.3 is 4.74 Å². The Labute approximate surface area is 155 Å². The van der Waals surface area contributed by atoms with Crippen LogP contribution in [0.15, 0.2) is 103 Å². The van der Waals surface area contributed by atoms with Crippen molar-refractivity contribution < 1.29 is 9.53 Å². The number of benzene rings is 3. The summed E-state index contributed by atoms with van der Waals surface area (Å²) in [5, 5.41) is 3.68. The molecule has 3 heteroatoms. The smallest absolute Gasteiger partial charge is 0.307 e. The third kappa shape index (κ3) is 3.76. The van der Waals surface area contributed by atoms with Crippen LogP contribution in [0.2, 0.25) is 0 Å². The summed E-state index contributed by atoms with van der Waals surface area (Å²) >= 11 is 0. The second kappa shape index (κ2) is 8.12. The summed E-state index contributed by atoms with van der Waals surface area (Å²) in [6.07, 6.45) is 0. The Morgan fingerprint density at radius 1 is 0.692 bits per heavy atom. The summed E-state index contributed by atoms with van der Waals surface area (Å²) in [6, 6.07) is 31.4. The monoisotopic (exact) mass is 361 g/mol. The van der Waals surface area contributed by atoms with E-state index in [1.54, 1.807) is 0 Å². The van der Waals surface area contributed by atoms with Gasteiger partial charge in [-0.05, 0) is 43.3 Å². The molecule has 0 aromatic heterocycles. The summed E-state index contributed by atoms with van der Waals surface area (Å²) in [4.78, 5) is 11.5. The third-order valence-electron chi connectivity index (χ3n) is 4.17. The van der Waals surface area contributed by atoms with E-state index < -0.39 is 7.26 Å². The van der Waals surface area contributed by atoms with E-state index in [-0.39, 0.29) is 5.97 Å². The highest BCUT2D eigenvalue weighted by molar-refractivity contribution is 7.98. The van der Waals surface area contributed by atoms with Crippen molar-refractivity contribution >= 4 is 29.1 Å². The molecule has 3 aromatic carbocycles. The van der Waals surface area contributed by atoms with Crippen LogP contribution >= 0.6 is 7.26 Å². The van der Waals surface area contributed by atoms with Crippen LogP contribution < -0.4 is 15.9 Å². The van der Waals surface area contributed by atoms with Gasteiger partial charge in [0.05, 0.1) is 0 Å². The summed E-state index contributed by atoms with van der Waals surface area (Å²) in [5.74, 6) is 2.47. The first-order chi connectivity index (χ1) is 12.6.